The van der Waals surface area contributed by atoms with Gasteiger partial charge in [0, 0.05) is 62.2 Å². The molecule has 1 saturated heterocycles. The van der Waals surface area contributed by atoms with Crippen LogP contribution in [0.5, 0.6) is 0 Å². The highest BCUT2D eigenvalue weighted by Gasteiger charge is 2.75. The summed E-state index contributed by atoms with van der Waals surface area (Å²) in [6, 6.07) is 4.88. The fourth-order valence-corrected chi connectivity index (χ4v) is 5.38. The standard InChI is InChI=1S/C26H30N4O8/c1-18(17-28-19-7-3-2-4-8-19)29-15-16-30(20-9-5-6-14-27-20)26(37-23(33)12-13-24(34)38-26)25(29)35-21(31)10-11-22(32)36-25/h5-6,9-14,18-19,28H,2-4,7-8,15-17H2,1H3. The molecule has 5 rings (SSSR count). The normalized spacial score (nSPS) is 24.3. The third-order valence-corrected chi connectivity index (χ3v) is 7.13. The number of carbonyl (C=O) groups excluding carboxylic acids is 4. The van der Waals surface area contributed by atoms with E-state index in [1.165, 1.54) is 17.5 Å². The maximum atomic E-state index is 12.9. The second-order valence-electron chi connectivity index (χ2n) is 9.64. The van der Waals surface area contributed by atoms with Crippen molar-refractivity contribution in [2.75, 3.05) is 24.5 Å². The third kappa shape index (κ3) is 4.76. The van der Waals surface area contributed by atoms with Crippen molar-refractivity contribution in [3.05, 3.63) is 48.7 Å². The Labute approximate surface area is 219 Å². The monoisotopic (exact) mass is 526 g/mol. The number of piperazine rings is 1. The highest BCUT2D eigenvalue weighted by molar-refractivity contribution is 5.95. The van der Waals surface area contributed by atoms with Gasteiger partial charge in [-0.15, -0.1) is 0 Å². The van der Waals surface area contributed by atoms with Gasteiger partial charge in [0.05, 0.1) is 0 Å². The Hall–Kier alpha value is -3.77. The highest BCUT2D eigenvalue weighted by Crippen LogP contribution is 2.46. The molecule has 12 nitrogen and oxygen atoms in total. The molecule has 1 aromatic rings. The number of hydrogen-bond acceptors (Lipinski definition) is 12. The van der Waals surface area contributed by atoms with Crippen molar-refractivity contribution in [1.82, 2.24) is 15.2 Å². The molecule has 0 radical (unpaired) electrons. The maximum absolute atomic E-state index is 12.9. The summed E-state index contributed by atoms with van der Waals surface area (Å²) in [5.41, 5.74) is 0. The van der Waals surface area contributed by atoms with E-state index in [-0.39, 0.29) is 18.9 Å². The summed E-state index contributed by atoms with van der Waals surface area (Å²) in [5.74, 6) is -8.62. The molecular weight excluding hydrogens is 496 g/mol. The Balaban J connectivity index is 1.61. The molecule has 1 unspecified atom stereocenters. The minimum absolute atomic E-state index is 0.121. The third-order valence-electron chi connectivity index (χ3n) is 7.13. The van der Waals surface area contributed by atoms with Crippen LogP contribution in [0.15, 0.2) is 48.7 Å². The smallest absolute Gasteiger partial charge is 0.397 e. The number of hydrogen-bond donors (Lipinski definition) is 1. The molecular formula is C26H30N4O8. The molecule has 4 heterocycles. The van der Waals surface area contributed by atoms with Gasteiger partial charge in [-0.2, -0.15) is 0 Å². The van der Waals surface area contributed by atoms with Crippen LogP contribution < -0.4 is 10.2 Å². The van der Waals surface area contributed by atoms with E-state index in [9.17, 15) is 19.2 Å². The number of pyridine rings is 1. The van der Waals surface area contributed by atoms with Gasteiger partial charge in [-0.05, 0) is 31.9 Å². The lowest BCUT2D eigenvalue weighted by atomic mass is 9.95. The van der Waals surface area contributed by atoms with Gasteiger partial charge in [-0.25, -0.2) is 29.1 Å². The first kappa shape index (κ1) is 25.9. The van der Waals surface area contributed by atoms with Crippen LogP contribution in [0.3, 0.4) is 0 Å². The molecule has 202 valence electrons. The lowest BCUT2D eigenvalue weighted by molar-refractivity contribution is -0.420. The molecule has 38 heavy (non-hydrogen) atoms. The molecule has 0 amide bonds. The topological polar surface area (TPSA) is 137 Å². The van der Waals surface area contributed by atoms with Crippen molar-refractivity contribution >= 4 is 29.7 Å². The summed E-state index contributed by atoms with van der Waals surface area (Å²) in [7, 11) is 0. The fourth-order valence-electron chi connectivity index (χ4n) is 5.38. The molecule has 1 atom stereocenters. The predicted molar refractivity (Wildman–Crippen MR) is 131 cm³/mol. The molecule has 0 aromatic carbocycles. The fraction of sp³-hybridized carbons (Fsp3) is 0.500. The lowest BCUT2D eigenvalue weighted by Gasteiger charge is -2.57. The van der Waals surface area contributed by atoms with E-state index in [0.29, 0.717) is 12.6 Å². The Bertz CT molecular complexity index is 1110. The van der Waals surface area contributed by atoms with Crippen molar-refractivity contribution in [1.29, 1.82) is 0 Å². The number of rotatable bonds is 5. The quantitative estimate of drug-likeness (QED) is 0.551. The highest BCUT2D eigenvalue weighted by atomic mass is 16.8. The number of aromatic nitrogens is 1. The summed E-state index contributed by atoms with van der Waals surface area (Å²) in [4.78, 5) is 58.7. The van der Waals surface area contributed by atoms with E-state index >= 15 is 0 Å². The second-order valence-corrected chi connectivity index (χ2v) is 9.64. The van der Waals surface area contributed by atoms with E-state index in [4.69, 9.17) is 18.9 Å². The van der Waals surface area contributed by atoms with E-state index in [1.54, 1.807) is 23.1 Å². The van der Waals surface area contributed by atoms with Gasteiger partial charge in [0.15, 0.2) is 0 Å². The summed E-state index contributed by atoms with van der Waals surface area (Å²) < 4.78 is 23.2. The van der Waals surface area contributed by atoms with Crippen molar-refractivity contribution < 1.29 is 38.1 Å². The van der Waals surface area contributed by atoms with Gasteiger partial charge >= 0.3 is 35.7 Å². The van der Waals surface area contributed by atoms with Crippen LogP contribution >= 0.6 is 0 Å². The molecule has 1 aromatic heterocycles. The van der Waals surface area contributed by atoms with Crippen LogP contribution in [0.25, 0.3) is 0 Å². The summed E-state index contributed by atoms with van der Waals surface area (Å²) >= 11 is 0. The van der Waals surface area contributed by atoms with Crippen molar-refractivity contribution in [3.63, 3.8) is 0 Å². The summed E-state index contributed by atoms with van der Waals surface area (Å²) in [6.07, 6.45) is 10.7. The lowest BCUT2D eigenvalue weighted by Crippen LogP contribution is -2.82. The molecule has 12 heteroatoms. The zero-order valence-corrected chi connectivity index (χ0v) is 21.0. The average molecular weight is 527 g/mol. The van der Waals surface area contributed by atoms with Gasteiger partial charge in [0.25, 0.3) is 0 Å². The first-order valence-corrected chi connectivity index (χ1v) is 12.8. The van der Waals surface area contributed by atoms with E-state index < -0.39 is 41.7 Å². The number of anilines is 1. The Morgan fingerprint density at radius 2 is 1.45 bits per heavy atom. The number of nitrogens with zero attached hydrogens (tertiary/aromatic N) is 3. The van der Waals surface area contributed by atoms with Gasteiger partial charge in [0.2, 0.25) is 0 Å². The second kappa shape index (κ2) is 10.5. The first-order chi connectivity index (χ1) is 18.3. The van der Waals surface area contributed by atoms with Crippen LogP contribution in [0.1, 0.15) is 39.0 Å². The first-order valence-electron chi connectivity index (χ1n) is 12.8. The van der Waals surface area contributed by atoms with Crippen LogP contribution in [-0.4, -0.2) is 77.3 Å². The van der Waals surface area contributed by atoms with Crippen LogP contribution in [-0.2, 0) is 38.1 Å². The van der Waals surface area contributed by atoms with Crippen molar-refractivity contribution in [2.45, 2.75) is 62.9 Å². The number of esters is 4. The minimum Gasteiger partial charge on any atom is -0.397 e. The molecule has 1 N–H and O–H groups in total. The van der Waals surface area contributed by atoms with Gasteiger partial charge in [0.1, 0.15) is 5.82 Å². The molecule has 0 bridgehead atoms. The van der Waals surface area contributed by atoms with Gasteiger partial charge < -0.3 is 24.3 Å². The van der Waals surface area contributed by atoms with E-state index in [0.717, 1.165) is 50.0 Å². The van der Waals surface area contributed by atoms with E-state index in [1.807, 2.05) is 6.92 Å². The molecule has 1 saturated carbocycles. The maximum Gasteiger partial charge on any atom is 0.444 e. The van der Waals surface area contributed by atoms with Crippen molar-refractivity contribution in [2.24, 2.45) is 0 Å². The predicted octanol–water partition coefficient (Wildman–Crippen LogP) is 1.13. The number of ether oxygens (including phenoxy) is 4. The van der Waals surface area contributed by atoms with E-state index in [2.05, 4.69) is 10.3 Å². The van der Waals surface area contributed by atoms with Crippen molar-refractivity contribution in [3.8, 4) is 0 Å². The molecule has 2 spiro atoms. The number of carbonyl (C=O) groups is 4. The number of nitrogens with one attached hydrogen (secondary N) is 1. The average Bonchev–Trinajstić information content (AvgIpc) is 3.17. The molecule has 4 aliphatic rings. The van der Waals surface area contributed by atoms with Crippen LogP contribution in [0.2, 0.25) is 0 Å². The van der Waals surface area contributed by atoms with Gasteiger partial charge in [-0.3, -0.25) is 4.90 Å². The minimum atomic E-state index is -2.55. The van der Waals surface area contributed by atoms with Gasteiger partial charge in [-0.1, -0.05) is 25.3 Å². The molecule has 3 aliphatic heterocycles. The number of fused-ring (bicyclic) bond motifs is 1. The Morgan fingerprint density at radius 3 is 2.00 bits per heavy atom. The Morgan fingerprint density at radius 1 is 0.868 bits per heavy atom. The summed E-state index contributed by atoms with van der Waals surface area (Å²) in [5, 5.41) is 3.55. The zero-order valence-electron chi connectivity index (χ0n) is 21.0. The van der Waals surface area contributed by atoms with Crippen LogP contribution in [0.4, 0.5) is 5.82 Å². The Kier molecular flexibility index (Phi) is 7.17. The summed E-state index contributed by atoms with van der Waals surface area (Å²) in [6.45, 7) is 2.60. The largest absolute Gasteiger partial charge is 0.444 e. The zero-order chi connectivity index (χ0) is 26.8. The van der Waals surface area contributed by atoms with Crippen LogP contribution in [0, 0.1) is 0 Å². The molecule has 2 fully saturated rings. The SMILES string of the molecule is CC(CNC1CCCCC1)N1CCN(c2ccccn2)C2(OC(=O)C=CC(=O)O2)C12OC(=O)C=CC(=O)O2. The molecule has 1 aliphatic carbocycles.